The van der Waals surface area contributed by atoms with Crippen molar-refractivity contribution in [1.29, 1.82) is 0 Å². The van der Waals surface area contributed by atoms with Crippen LogP contribution in [-0.4, -0.2) is 16.1 Å². The van der Waals surface area contributed by atoms with Crippen molar-refractivity contribution in [3.8, 4) is 0 Å². The summed E-state index contributed by atoms with van der Waals surface area (Å²) in [6.45, 7) is 0. The Balaban J connectivity index is 2.52. The summed E-state index contributed by atoms with van der Waals surface area (Å²) in [6.07, 6.45) is 3.07. The number of carbonyl (C=O) groups excluding carboxylic acids is 1. The SMILES string of the molecule is Cn1ncc(C=O)c1C1(F)CC1. The van der Waals surface area contributed by atoms with Crippen LogP contribution in [0.5, 0.6) is 0 Å². The fourth-order valence-corrected chi connectivity index (χ4v) is 1.44. The molecule has 0 spiro atoms. The van der Waals surface area contributed by atoms with Gasteiger partial charge in [-0.15, -0.1) is 0 Å². The number of aromatic nitrogens is 2. The van der Waals surface area contributed by atoms with E-state index in [4.69, 9.17) is 0 Å². The zero-order valence-electron chi connectivity index (χ0n) is 6.75. The van der Waals surface area contributed by atoms with E-state index in [9.17, 15) is 9.18 Å². The minimum Gasteiger partial charge on any atom is -0.298 e. The second-order valence-corrected chi connectivity index (χ2v) is 3.16. The molecule has 0 N–H and O–H groups in total. The van der Waals surface area contributed by atoms with Crippen molar-refractivity contribution in [2.24, 2.45) is 7.05 Å². The van der Waals surface area contributed by atoms with Crippen molar-refractivity contribution >= 4 is 6.29 Å². The predicted molar refractivity (Wildman–Crippen MR) is 40.6 cm³/mol. The summed E-state index contributed by atoms with van der Waals surface area (Å²) in [5.41, 5.74) is -0.475. The molecular weight excluding hydrogens is 159 g/mol. The molecule has 3 nitrogen and oxygen atoms in total. The first-order chi connectivity index (χ1) is 5.67. The summed E-state index contributed by atoms with van der Waals surface area (Å²) in [4.78, 5) is 10.5. The summed E-state index contributed by atoms with van der Waals surface area (Å²) in [6, 6.07) is 0. The van der Waals surface area contributed by atoms with Gasteiger partial charge in [0.15, 0.2) is 12.0 Å². The van der Waals surface area contributed by atoms with Crippen molar-refractivity contribution in [3.05, 3.63) is 17.5 Å². The molecule has 1 heterocycles. The van der Waals surface area contributed by atoms with Gasteiger partial charge in [-0.1, -0.05) is 0 Å². The predicted octanol–water partition coefficient (Wildman–Crippen LogP) is 1.19. The minimum absolute atomic E-state index is 0.373. The Morgan fingerprint density at radius 3 is 2.92 bits per heavy atom. The zero-order valence-corrected chi connectivity index (χ0v) is 6.75. The number of hydrogen-bond donors (Lipinski definition) is 0. The average Bonchev–Trinajstić information content (AvgIpc) is 2.64. The standard InChI is InChI=1S/C8H9FN2O/c1-11-7(8(9)2-3-8)6(5-12)4-10-11/h4-5H,2-3H2,1H3. The molecule has 64 valence electrons. The Hall–Kier alpha value is -1.19. The van der Waals surface area contributed by atoms with E-state index < -0.39 is 5.67 Å². The number of alkyl halides is 1. The van der Waals surface area contributed by atoms with Gasteiger partial charge in [-0.2, -0.15) is 5.10 Å². The number of hydrogen-bond acceptors (Lipinski definition) is 2. The molecule has 4 heteroatoms. The van der Waals surface area contributed by atoms with Crippen molar-refractivity contribution in [1.82, 2.24) is 9.78 Å². The van der Waals surface area contributed by atoms with E-state index in [1.807, 2.05) is 0 Å². The molecule has 0 atom stereocenters. The third kappa shape index (κ3) is 0.873. The zero-order chi connectivity index (χ0) is 8.77. The molecule has 0 amide bonds. The quantitative estimate of drug-likeness (QED) is 0.622. The van der Waals surface area contributed by atoms with E-state index in [0.717, 1.165) is 0 Å². The fourth-order valence-electron chi connectivity index (χ4n) is 1.44. The minimum atomic E-state index is -1.28. The van der Waals surface area contributed by atoms with Crippen LogP contribution in [0.25, 0.3) is 0 Å². The Labute approximate surface area is 69.2 Å². The van der Waals surface area contributed by atoms with Crippen molar-refractivity contribution < 1.29 is 9.18 Å². The highest BCUT2D eigenvalue weighted by atomic mass is 19.1. The van der Waals surface area contributed by atoms with Gasteiger partial charge in [0.2, 0.25) is 0 Å². The molecule has 2 rings (SSSR count). The first kappa shape index (κ1) is 7.46. The first-order valence-electron chi connectivity index (χ1n) is 3.84. The lowest BCUT2D eigenvalue weighted by Gasteiger charge is -2.05. The van der Waals surface area contributed by atoms with Gasteiger partial charge in [-0.05, 0) is 12.8 Å². The third-order valence-electron chi connectivity index (χ3n) is 2.21. The van der Waals surface area contributed by atoms with Crippen LogP contribution in [-0.2, 0) is 12.7 Å². The summed E-state index contributed by atoms with van der Waals surface area (Å²) < 4.78 is 15.0. The van der Waals surface area contributed by atoms with Crippen LogP contribution in [0.1, 0.15) is 28.9 Å². The Morgan fingerprint density at radius 1 is 1.75 bits per heavy atom. The van der Waals surface area contributed by atoms with Gasteiger partial charge in [-0.3, -0.25) is 9.48 Å². The largest absolute Gasteiger partial charge is 0.298 e. The van der Waals surface area contributed by atoms with Crippen molar-refractivity contribution in [3.63, 3.8) is 0 Å². The van der Waals surface area contributed by atoms with Crippen LogP contribution in [0.2, 0.25) is 0 Å². The molecule has 0 radical (unpaired) electrons. The highest BCUT2D eigenvalue weighted by Gasteiger charge is 2.48. The number of carbonyl (C=O) groups is 1. The monoisotopic (exact) mass is 168 g/mol. The first-order valence-corrected chi connectivity index (χ1v) is 3.84. The molecule has 1 aromatic heterocycles. The molecule has 1 aliphatic carbocycles. The Kier molecular flexibility index (Phi) is 1.34. The van der Waals surface area contributed by atoms with Crippen LogP contribution in [0.3, 0.4) is 0 Å². The molecule has 1 aromatic rings. The van der Waals surface area contributed by atoms with Gasteiger partial charge < -0.3 is 0 Å². The maximum atomic E-state index is 13.6. The molecule has 0 aliphatic heterocycles. The second kappa shape index (κ2) is 2.15. The van der Waals surface area contributed by atoms with Gasteiger partial charge in [-0.25, -0.2) is 4.39 Å². The van der Waals surface area contributed by atoms with Crippen LogP contribution >= 0.6 is 0 Å². The van der Waals surface area contributed by atoms with Crippen LogP contribution in [0.4, 0.5) is 4.39 Å². The van der Waals surface area contributed by atoms with E-state index in [0.29, 0.717) is 30.4 Å². The lowest BCUT2D eigenvalue weighted by atomic mass is 10.1. The van der Waals surface area contributed by atoms with Gasteiger partial charge in [0, 0.05) is 7.05 Å². The molecule has 1 aliphatic rings. The van der Waals surface area contributed by atoms with E-state index in [1.54, 1.807) is 7.05 Å². The van der Waals surface area contributed by atoms with E-state index >= 15 is 0 Å². The summed E-state index contributed by atoms with van der Waals surface area (Å²) in [7, 11) is 1.65. The molecule has 1 saturated carbocycles. The van der Waals surface area contributed by atoms with E-state index in [2.05, 4.69) is 5.10 Å². The Bertz CT molecular complexity index is 328. The Morgan fingerprint density at radius 2 is 2.42 bits per heavy atom. The van der Waals surface area contributed by atoms with Crippen LogP contribution < -0.4 is 0 Å². The average molecular weight is 168 g/mol. The lowest BCUT2D eigenvalue weighted by molar-refractivity contribution is 0.111. The number of rotatable bonds is 2. The molecule has 12 heavy (non-hydrogen) atoms. The van der Waals surface area contributed by atoms with Gasteiger partial charge in [0.05, 0.1) is 17.5 Å². The topological polar surface area (TPSA) is 34.9 Å². The van der Waals surface area contributed by atoms with Crippen LogP contribution in [0, 0.1) is 0 Å². The third-order valence-corrected chi connectivity index (χ3v) is 2.21. The summed E-state index contributed by atoms with van der Waals surface area (Å²) in [5.74, 6) is 0. The molecule has 0 bridgehead atoms. The van der Waals surface area contributed by atoms with E-state index in [-0.39, 0.29) is 0 Å². The van der Waals surface area contributed by atoms with Gasteiger partial charge in [0.1, 0.15) is 0 Å². The molecule has 1 fully saturated rings. The number of nitrogens with zero attached hydrogens (tertiary/aromatic N) is 2. The van der Waals surface area contributed by atoms with Crippen LogP contribution in [0.15, 0.2) is 6.20 Å². The second-order valence-electron chi connectivity index (χ2n) is 3.16. The van der Waals surface area contributed by atoms with Crippen molar-refractivity contribution in [2.75, 3.05) is 0 Å². The number of aryl methyl sites for hydroxylation is 1. The van der Waals surface area contributed by atoms with E-state index in [1.165, 1.54) is 10.9 Å². The highest BCUT2D eigenvalue weighted by Crippen LogP contribution is 2.50. The molecule has 0 saturated heterocycles. The summed E-state index contributed by atoms with van der Waals surface area (Å²) >= 11 is 0. The summed E-state index contributed by atoms with van der Waals surface area (Å²) in [5, 5.41) is 3.84. The van der Waals surface area contributed by atoms with Gasteiger partial charge in [0.25, 0.3) is 0 Å². The lowest BCUT2D eigenvalue weighted by Crippen LogP contribution is -2.08. The fraction of sp³-hybridized carbons (Fsp3) is 0.500. The maximum Gasteiger partial charge on any atom is 0.153 e. The van der Waals surface area contributed by atoms with Crippen molar-refractivity contribution in [2.45, 2.75) is 18.5 Å². The maximum absolute atomic E-state index is 13.6. The highest BCUT2D eigenvalue weighted by molar-refractivity contribution is 5.76. The number of aldehydes is 1. The number of halogens is 1. The molecule has 0 unspecified atom stereocenters. The molecular formula is C8H9FN2O. The van der Waals surface area contributed by atoms with Gasteiger partial charge >= 0.3 is 0 Å². The molecule has 0 aromatic carbocycles. The normalized spacial score (nSPS) is 19.2. The smallest absolute Gasteiger partial charge is 0.153 e.